The Balaban J connectivity index is 1.84. The van der Waals surface area contributed by atoms with Crippen LogP contribution in [0.4, 0.5) is 0 Å². The number of ether oxygens (including phenoxy) is 2. The standard InChI is InChI=1S/C15H21NO3/c1-10-8-12(10)15(17)16-7-6-11-4-5-13(18-2)14(9-11)19-3/h4-5,9-10,12H,6-8H2,1-3H3,(H,16,17)/t10-,12-/m1/s1. The molecular weight excluding hydrogens is 242 g/mol. The van der Waals surface area contributed by atoms with Crippen LogP contribution in [0.15, 0.2) is 18.2 Å². The molecule has 1 fully saturated rings. The van der Waals surface area contributed by atoms with Gasteiger partial charge in [-0.3, -0.25) is 4.79 Å². The summed E-state index contributed by atoms with van der Waals surface area (Å²) < 4.78 is 10.4. The summed E-state index contributed by atoms with van der Waals surface area (Å²) in [5.74, 6) is 2.43. The average Bonchev–Trinajstić information content (AvgIpc) is 3.15. The van der Waals surface area contributed by atoms with Crippen LogP contribution >= 0.6 is 0 Å². The van der Waals surface area contributed by atoms with Crippen LogP contribution in [0.25, 0.3) is 0 Å². The van der Waals surface area contributed by atoms with Gasteiger partial charge in [-0.25, -0.2) is 0 Å². The Morgan fingerprint density at radius 2 is 2.00 bits per heavy atom. The minimum absolute atomic E-state index is 0.188. The first-order valence-electron chi connectivity index (χ1n) is 6.64. The van der Waals surface area contributed by atoms with Gasteiger partial charge in [0.1, 0.15) is 0 Å². The van der Waals surface area contributed by atoms with E-state index in [0.717, 1.165) is 29.9 Å². The van der Waals surface area contributed by atoms with Gasteiger partial charge in [0.15, 0.2) is 11.5 Å². The first kappa shape index (κ1) is 13.7. The molecule has 1 N–H and O–H groups in total. The third-order valence-electron chi connectivity index (χ3n) is 3.61. The molecule has 1 saturated carbocycles. The van der Waals surface area contributed by atoms with Crippen LogP contribution in [0.5, 0.6) is 11.5 Å². The van der Waals surface area contributed by atoms with E-state index >= 15 is 0 Å². The van der Waals surface area contributed by atoms with E-state index in [-0.39, 0.29) is 11.8 Å². The van der Waals surface area contributed by atoms with Gasteiger partial charge >= 0.3 is 0 Å². The molecule has 19 heavy (non-hydrogen) atoms. The molecule has 1 aliphatic rings. The van der Waals surface area contributed by atoms with E-state index in [1.54, 1.807) is 14.2 Å². The maximum absolute atomic E-state index is 11.7. The topological polar surface area (TPSA) is 47.6 Å². The van der Waals surface area contributed by atoms with Crippen molar-refractivity contribution in [2.45, 2.75) is 19.8 Å². The number of benzene rings is 1. The molecule has 104 valence electrons. The minimum Gasteiger partial charge on any atom is -0.493 e. The lowest BCUT2D eigenvalue weighted by atomic mass is 10.1. The van der Waals surface area contributed by atoms with E-state index in [2.05, 4.69) is 12.2 Å². The number of hydrogen-bond donors (Lipinski definition) is 1. The van der Waals surface area contributed by atoms with Crippen molar-refractivity contribution < 1.29 is 14.3 Å². The fourth-order valence-electron chi connectivity index (χ4n) is 2.18. The number of hydrogen-bond acceptors (Lipinski definition) is 3. The summed E-state index contributed by atoms with van der Waals surface area (Å²) in [5, 5.41) is 2.98. The van der Waals surface area contributed by atoms with Crippen molar-refractivity contribution in [3.8, 4) is 11.5 Å². The molecule has 1 aromatic rings. The van der Waals surface area contributed by atoms with E-state index < -0.39 is 0 Å². The fraction of sp³-hybridized carbons (Fsp3) is 0.533. The van der Waals surface area contributed by atoms with Gasteiger partial charge in [-0.15, -0.1) is 0 Å². The Bertz CT molecular complexity index is 459. The third-order valence-corrected chi connectivity index (χ3v) is 3.61. The van der Waals surface area contributed by atoms with E-state index in [4.69, 9.17) is 9.47 Å². The molecule has 4 nitrogen and oxygen atoms in total. The monoisotopic (exact) mass is 263 g/mol. The van der Waals surface area contributed by atoms with Crippen LogP contribution in [-0.4, -0.2) is 26.7 Å². The second-order valence-corrected chi connectivity index (χ2v) is 5.05. The summed E-state index contributed by atoms with van der Waals surface area (Å²) in [7, 11) is 3.24. The molecule has 4 heteroatoms. The smallest absolute Gasteiger partial charge is 0.223 e. The molecule has 0 radical (unpaired) electrons. The van der Waals surface area contributed by atoms with Gasteiger partial charge in [-0.05, 0) is 36.5 Å². The van der Waals surface area contributed by atoms with Crippen molar-refractivity contribution >= 4 is 5.91 Å². The Morgan fingerprint density at radius 3 is 2.58 bits per heavy atom. The van der Waals surface area contributed by atoms with Crippen LogP contribution in [0.3, 0.4) is 0 Å². The number of methoxy groups -OCH3 is 2. The molecule has 1 amide bonds. The molecule has 0 aliphatic heterocycles. The molecule has 0 aromatic heterocycles. The molecular formula is C15H21NO3. The molecule has 1 aliphatic carbocycles. The van der Waals surface area contributed by atoms with E-state index in [1.165, 1.54) is 0 Å². The maximum atomic E-state index is 11.7. The zero-order chi connectivity index (χ0) is 13.8. The number of rotatable bonds is 6. The first-order valence-corrected chi connectivity index (χ1v) is 6.64. The lowest BCUT2D eigenvalue weighted by molar-refractivity contribution is -0.122. The summed E-state index contributed by atoms with van der Waals surface area (Å²) in [6, 6.07) is 5.83. The first-order chi connectivity index (χ1) is 9.15. The Kier molecular flexibility index (Phi) is 4.30. The van der Waals surface area contributed by atoms with Crippen LogP contribution in [0, 0.1) is 11.8 Å². The highest BCUT2D eigenvalue weighted by Crippen LogP contribution is 2.37. The molecule has 2 atom stereocenters. The average molecular weight is 263 g/mol. The van der Waals surface area contributed by atoms with Crippen LogP contribution < -0.4 is 14.8 Å². The predicted molar refractivity (Wildman–Crippen MR) is 73.5 cm³/mol. The summed E-state index contributed by atoms with van der Waals surface area (Å²) in [5.41, 5.74) is 1.13. The number of nitrogens with one attached hydrogen (secondary N) is 1. The lowest BCUT2D eigenvalue weighted by Crippen LogP contribution is -2.27. The lowest BCUT2D eigenvalue weighted by Gasteiger charge is -2.10. The Labute approximate surface area is 114 Å². The van der Waals surface area contributed by atoms with E-state index in [1.807, 2.05) is 18.2 Å². The van der Waals surface area contributed by atoms with Gasteiger partial charge < -0.3 is 14.8 Å². The second-order valence-electron chi connectivity index (χ2n) is 5.05. The highest BCUT2D eigenvalue weighted by Gasteiger charge is 2.38. The summed E-state index contributed by atoms with van der Waals surface area (Å²) in [4.78, 5) is 11.7. The highest BCUT2D eigenvalue weighted by atomic mass is 16.5. The zero-order valence-electron chi connectivity index (χ0n) is 11.7. The van der Waals surface area contributed by atoms with Crippen LogP contribution in [0.2, 0.25) is 0 Å². The van der Waals surface area contributed by atoms with Crippen molar-refractivity contribution in [1.29, 1.82) is 0 Å². The second kappa shape index (κ2) is 5.95. The Morgan fingerprint density at radius 1 is 1.32 bits per heavy atom. The van der Waals surface area contributed by atoms with Crippen LogP contribution in [-0.2, 0) is 11.2 Å². The fourth-order valence-corrected chi connectivity index (χ4v) is 2.18. The molecule has 0 bridgehead atoms. The molecule has 2 rings (SSSR count). The zero-order valence-corrected chi connectivity index (χ0v) is 11.7. The molecule has 1 aromatic carbocycles. The molecule has 0 spiro atoms. The maximum Gasteiger partial charge on any atom is 0.223 e. The van der Waals surface area contributed by atoms with Gasteiger partial charge in [-0.1, -0.05) is 13.0 Å². The van der Waals surface area contributed by atoms with Gasteiger partial charge in [0.2, 0.25) is 5.91 Å². The number of carbonyl (C=O) groups is 1. The molecule has 0 unspecified atom stereocenters. The molecule has 0 saturated heterocycles. The van der Waals surface area contributed by atoms with Crippen LogP contribution in [0.1, 0.15) is 18.9 Å². The number of amides is 1. The van der Waals surface area contributed by atoms with Crippen molar-refractivity contribution in [2.24, 2.45) is 11.8 Å². The summed E-state index contributed by atoms with van der Waals surface area (Å²) >= 11 is 0. The Hall–Kier alpha value is -1.71. The van der Waals surface area contributed by atoms with Gasteiger partial charge in [0, 0.05) is 12.5 Å². The predicted octanol–water partition coefficient (Wildman–Crippen LogP) is 2.02. The van der Waals surface area contributed by atoms with Gasteiger partial charge in [0.25, 0.3) is 0 Å². The third kappa shape index (κ3) is 3.40. The van der Waals surface area contributed by atoms with Gasteiger partial charge in [-0.2, -0.15) is 0 Å². The normalized spacial score (nSPS) is 20.8. The van der Waals surface area contributed by atoms with E-state index in [9.17, 15) is 4.79 Å². The van der Waals surface area contributed by atoms with Crippen molar-refractivity contribution in [3.63, 3.8) is 0 Å². The minimum atomic E-state index is 0.188. The largest absolute Gasteiger partial charge is 0.493 e. The van der Waals surface area contributed by atoms with Crippen molar-refractivity contribution in [3.05, 3.63) is 23.8 Å². The quantitative estimate of drug-likeness (QED) is 0.854. The number of carbonyl (C=O) groups excluding carboxylic acids is 1. The summed E-state index contributed by atoms with van der Waals surface area (Å²) in [6.07, 6.45) is 1.83. The highest BCUT2D eigenvalue weighted by molar-refractivity contribution is 5.81. The SMILES string of the molecule is COc1ccc(CCNC(=O)[C@@H]2C[C@H]2C)cc1OC. The van der Waals surface area contributed by atoms with E-state index in [0.29, 0.717) is 12.5 Å². The van der Waals surface area contributed by atoms with Crippen molar-refractivity contribution in [1.82, 2.24) is 5.32 Å². The molecule has 0 heterocycles. The van der Waals surface area contributed by atoms with Gasteiger partial charge in [0.05, 0.1) is 14.2 Å². The van der Waals surface area contributed by atoms with Crippen molar-refractivity contribution in [2.75, 3.05) is 20.8 Å². The summed E-state index contributed by atoms with van der Waals surface area (Å²) in [6.45, 7) is 2.77.